The van der Waals surface area contributed by atoms with Gasteiger partial charge in [0.05, 0.1) is 26.4 Å². The Hall–Kier alpha value is -1.27. The van der Waals surface area contributed by atoms with Gasteiger partial charge in [0.25, 0.3) is 0 Å². The number of hydrogen-bond donors (Lipinski definition) is 7. The number of allylic oxidation sites excluding steroid dienone is 2. The van der Waals surface area contributed by atoms with Gasteiger partial charge >= 0.3 is 5.97 Å². The summed E-state index contributed by atoms with van der Waals surface area (Å²) in [5, 5.41) is 70.8. The summed E-state index contributed by atoms with van der Waals surface area (Å²) in [5.74, 6) is -0.553. The summed E-state index contributed by atoms with van der Waals surface area (Å²) in [6.07, 6.45) is 8.24. The van der Waals surface area contributed by atoms with Crippen LogP contribution in [0.15, 0.2) is 12.2 Å². The first-order valence-electron chi connectivity index (χ1n) is 19.2. The van der Waals surface area contributed by atoms with E-state index < -0.39 is 86.7 Å². The van der Waals surface area contributed by atoms with Gasteiger partial charge in [-0.1, -0.05) is 89.7 Å². The summed E-state index contributed by atoms with van der Waals surface area (Å²) in [6, 6.07) is 0. The highest BCUT2D eigenvalue weighted by molar-refractivity contribution is 5.66. The highest BCUT2D eigenvalue weighted by atomic mass is 16.7. The molecule has 14 nitrogen and oxygen atoms in total. The predicted molar refractivity (Wildman–Crippen MR) is 187 cm³/mol. The third-order valence-corrected chi connectivity index (χ3v) is 9.32. The quantitative estimate of drug-likeness (QED) is 0.0349. The Kier molecular flexibility index (Phi) is 24.6. The van der Waals surface area contributed by atoms with Gasteiger partial charge in [0, 0.05) is 13.5 Å². The van der Waals surface area contributed by atoms with Crippen LogP contribution in [0.4, 0.5) is 0 Å². The van der Waals surface area contributed by atoms with Crippen molar-refractivity contribution < 1.29 is 69.0 Å². The van der Waals surface area contributed by atoms with Gasteiger partial charge in [-0.05, 0) is 32.1 Å². The van der Waals surface area contributed by atoms with Gasteiger partial charge in [-0.3, -0.25) is 4.79 Å². The lowest BCUT2D eigenvalue weighted by Crippen LogP contribution is -2.61. The molecule has 0 spiro atoms. The molecule has 0 aliphatic carbocycles. The Morgan fingerprint density at radius 2 is 1.12 bits per heavy atom. The Labute approximate surface area is 304 Å². The van der Waals surface area contributed by atoms with Crippen LogP contribution in [0, 0.1) is 0 Å². The molecule has 2 rings (SSSR count). The smallest absolute Gasteiger partial charge is 0.303 e. The maximum absolute atomic E-state index is 11.7. The van der Waals surface area contributed by atoms with Crippen molar-refractivity contribution >= 4 is 5.97 Å². The number of aliphatic hydroxyl groups is 7. The Balaban J connectivity index is 1.60. The summed E-state index contributed by atoms with van der Waals surface area (Å²) in [7, 11) is 0. The van der Waals surface area contributed by atoms with Crippen LogP contribution >= 0.6 is 0 Å². The van der Waals surface area contributed by atoms with E-state index in [9.17, 15) is 40.5 Å². The molecule has 2 saturated heterocycles. The number of hydrogen-bond acceptors (Lipinski definition) is 14. The topological polar surface area (TPSA) is 214 Å². The number of carbonyl (C=O) groups is 1. The minimum Gasteiger partial charge on any atom is -0.458 e. The zero-order valence-corrected chi connectivity index (χ0v) is 30.8. The van der Waals surface area contributed by atoms with E-state index in [0.717, 1.165) is 19.3 Å². The molecule has 0 aromatic carbocycles. The van der Waals surface area contributed by atoms with Crippen LogP contribution in [-0.2, 0) is 33.2 Å². The van der Waals surface area contributed by atoms with E-state index >= 15 is 0 Å². The third-order valence-electron chi connectivity index (χ3n) is 9.32. The molecule has 0 aromatic heterocycles. The third kappa shape index (κ3) is 18.1. The lowest BCUT2D eigenvalue weighted by atomic mass is 9.98. The van der Waals surface area contributed by atoms with Crippen LogP contribution in [0.1, 0.15) is 117 Å². The van der Waals surface area contributed by atoms with Crippen molar-refractivity contribution in [1.29, 1.82) is 0 Å². The number of ether oxygens (including phenoxy) is 6. The Bertz CT molecular complexity index is 907. The maximum atomic E-state index is 11.7. The molecule has 14 heteroatoms. The zero-order chi connectivity index (χ0) is 37.4. The van der Waals surface area contributed by atoms with Gasteiger partial charge in [-0.25, -0.2) is 0 Å². The van der Waals surface area contributed by atoms with Crippen molar-refractivity contribution in [2.75, 3.05) is 33.0 Å². The summed E-state index contributed by atoms with van der Waals surface area (Å²) < 4.78 is 33.0. The van der Waals surface area contributed by atoms with Crippen LogP contribution in [-0.4, -0.2) is 142 Å². The largest absolute Gasteiger partial charge is 0.458 e. The zero-order valence-electron chi connectivity index (χ0n) is 30.8. The second-order valence-electron chi connectivity index (χ2n) is 13.8. The predicted octanol–water partition coefficient (Wildman–Crippen LogP) is 2.39. The van der Waals surface area contributed by atoms with Crippen molar-refractivity contribution in [3.05, 3.63) is 12.2 Å². The number of esters is 1. The molecule has 0 amide bonds. The SMILES string of the molecule is CCCCCCCC/C=C\CCCCCCCCCCOCC(COC1OC(COC2OC(CO)C(O)C(O)C2O)C(O)C(O)C1O)OC(C)=O. The molecule has 51 heavy (non-hydrogen) atoms. The van der Waals surface area contributed by atoms with Crippen LogP contribution < -0.4 is 0 Å². The van der Waals surface area contributed by atoms with E-state index in [-0.39, 0.29) is 13.2 Å². The van der Waals surface area contributed by atoms with Gasteiger partial charge < -0.3 is 64.2 Å². The van der Waals surface area contributed by atoms with Crippen molar-refractivity contribution in [3.8, 4) is 0 Å². The molecule has 2 aliphatic rings. The second kappa shape index (κ2) is 27.3. The standard InChI is InChI=1S/C37H68O14/c1-3-4-5-6-7-8-9-10-11-12-13-14-15-16-17-18-19-20-21-46-23-27(49-26(2)39)24-47-36-35(45)33(43)31(41)29(51-36)25-48-37-34(44)32(42)30(40)28(22-38)50-37/h10-11,27-38,40-45H,3-9,12-25H2,1-2H3/b11-10-. The molecule has 300 valence electrons. The van der Waals surface area contributed by atoms with Crippen LogP contribution in [0.25, 0.3) is 0 Å². The minimum atomic E-state index is -1.70. The van der Waals surface area contributed by atoms with Gasteiger partial charge in [0.2, 0.25) is 0 Å². The molecule has 0 saturated carbocycles. The molecular weight excluding hydrogens is 668 g/mol. The lowest BCUT2D eigenvalue weighted by Gasteiger charge is -2.42. The summed E-state index contributed by atoms with van der Waals surface area (Å²) >= 11 is 0. The normalized spacial score (nSPS) is 30.5. The van der Waals surface area contributed by atoms with Gasteiger partial charge in [-0.2, -0.15) is 0 Å². The first-order valence-corrected chi connectivity index (χ1v) is 19.2. The Morgan fingerprint density at radius 3 is 1.67 bits per heavy atom. The minimum absolute atomic E-state index is 0.0463. The molecule has 2 heterocycles. The molecule has 2 aliphatic heterocycles. The average Bonchev–Trinajstić information content (AvgIpc) is 3.11. The van der Waals surface area contributed by atoms with Crippen molar-refractivity contribution in [1.82, 2.24) is 0 Å². The molecule has 2 fully saturated rings. The van der Waals surface area contributed by atoms with Crippen LogP contribution in [0.3, 0.4) is 0 Å². The second-order valence-corrected chi connectivity index (χ2v) is 13.8. The molecule has 0 radical (unpaired) electrons. The van der Waals surface area contributed by atoms with Crippen molar-refractivity contribution in [2.24, 2.45) is 0 Å². The van der Waals surface area contributed by atoms with Crippen molar-refractivity contribution in [2.45, 2.75) is 184 Å². The van der Waals surface area contributed by atoms with Crippen LogP contribution in [0.2, 0.25) is 0 Å². The molecule has 11 unspecified atom stereocenters. The van der Waals surface area contributed by atoms with Gasteiger partial charge in [0.1, 0.15) is 54.9 Å². The molecule has 11 atom stereocenters. The van der Waals surface area contributed by atoms with E-state index in [1.165, 1.54) is 90.4 Å². The van der Waals surface area contributed by atoms with E-state index in [1.54, 1.807) is 0 Å². The van der Waals surface area contributed by atoms with E-state index in [0.29, 0.717) is 6.61 Å². The van der Waals surface area contributed by atoms with Crippen molar-refractivity contribution in [3.63, 3.8) is 0 Å². The van der Waals surface area contributed by atoms with Crippen LogP contribution in [0.5, 0.6) is 0 Å². The maximum Gasteiger partial charge on any atom is 0.303 e. The fraction of sp³-hybridized carbons (Fsp3) is 0.919. The lowest BCUT2D eigenvalue weighted by molar-refractivity contribution is -0.332. The highest BCUT2D eigenvalue weighted by Gasteiger charge is 2.47. The molecule has 0 aromatic rings. The fourth-order valence-electron chi connectivity index (χ4n) is 6.16. The van der Waals surface area contributed by atoms with Gasteiger partial charge in [-0.15, -0.1) is 0 Å². The van der Waals surface area contributed by atoms with E-state index in [2.05, 4.69) is 19.1 Å². The number of aliphatic hydroxyl groups excluding tert-OH is 7. The molecule has 0 bridgehead atoms. The molecular formula is C37H68O14. The first-order chi connectivity index (χ1) is 24.6. The van der Waals surface area contributed by atoms with E-state index in [4.69, 9.17) is 28.4 Å². The average molecular weight is 737 g/mol. The highest BCUT2D eigenvalue weighted by Crippen LogP contribution is 2.26. The summed E-state index contributed by atoms with van der Waals surface area (Å²) in [5.41, 5.74) is 0. The first kappa shape index (κ1) is 45.9. The number of rotatable bonds is 28. The fourth-order valence-corrected chi connectivity index (χ4v) is 6.16. The monoisotopic (exact) mass is 736 g/mol. The number of carbonyl (C=O) groups excluding carboxylic acids is 1. The van der Waals surface area contributed by atoms with E-state index in [1.807, 2.05) is 0 Å². The number of unbranched alkanes of at least 4 members (excludes halogenated alkanes) is 14. The Morgan fingerprint density at radius 1 is 0.627 bits per heavy atom. The molecule has 7 N–H and O–H groups in total. The summed E-state index contributed by atoms with van der Waals surface area (Å²) in [4.78, 5) is 11.7. The summed E-state index contributed by atoms with van der Waals surface area (Å²) in [6.45, 7) is 2.65. The van der Waals surface area contributed by atoms with Gasteiger partial charge in [0.15, 0.2) is 12.6 Å².